The Morgan fingerprint density at radius 1 is 1.19 bits per heavy atom. The standard InChI is InChI=1S/C19H29N3O4S/c1-8(2)20-18(25)14-9(3)15(23)16(24)13-7-22(6-12(13)14)19(26)17-10(4)21-11(5)27-17/h8-9,12-16,23-24H,6-7H2,1-5H3,(H,20,25)/t9-,12+,13+,14+,15+,16+/m1/s1. The van der Waals surface area contributed by atoms with Gasteiger partial charge in [0.1, 0.15) is 4.88 Å². The topological polar surface area (TPSA) is 103 Å². The van der Waals surface area contributed by atoms with Gasteiger partial charge in [-0.2, -0.15) is 0 Å². The Hall–Kier alpha value is -1.51. The first-order chi connectivity index (χ1) is 12.6. The number of fused-ring (bicyclic) bond motifs is 1. The molecule has 0 spiro atoms. The predicted octanol–water partition coefficient (Wildman–Crippen LogP) is 0.960. The summed E-state index contributed by atoms with van der Waals surface area (Å²) in [5.41, 5.74) is 0.709. The Morgan fingerprint density at radius 2 is 1.81 bits per heavy atom. The molecule has 0 unspecified atom stereocenters. The first-order valence-electron chi connectivity index (χ1n) is 9.51. The molecule has 27 heavy (non-hydrogen) atoms. The number of carbonyl (C=O) groups is 2. The number of carbonyl (C=O) groups excluding carboxylic acids is 2. The van der Waals surface area contributed by atoms with E-state index in [0.29, 0.717) is 23.7 Å². The molecular formula is C19H29N3O4S. The van der Waals surface area contributed by atoms with Gasteiger partial charge in [-0.25, -0.2) is 4.98 Å². The van der Waals surface area contributed by atoms with Crippen LogP contribution in [0.15, 0.2) is 0 Å². The van der Waals surface area contributed by atoms with Gasteiger partial charge in [0.05, 0.1) is 22.9 Å². The molecule has 1 aliphatic carbocycles. The maximum absolute atomic E-state index is 13.0. The van der Waals surface area contributed by atoms with Gasteiger partial charge in [-0.15, -0.1) is 11.3 Å². The van der Waals surface area contributed by atoms with E-state index < -0.39 is 18.1 Å². The van der Waals surface area contributed by atoms with Gasteiger partial charge in [-0.05, 0) is 39.5 Å². The minimum Gasteiger partial charge on any atom is -0.390 e. The summed E-state index contributed by atoms with van der Waals surface area (Å²) in [5, 5.41) is 24.9. The van der Waals surface area contributed by atoms with E-state index in [9.17, 15) is 19.8 Å². The molecule has 0 aromatic carbocycles. The molecule has 1 saturated carbocycles. The van der Waals surface area contributed by atoms with E-state index in [-0.39, 0.29) is 35.6 Å². The number of aliphatic hydroxyl groups excluding tert-OH is 2. The summed E-state index contributed by atoms with van der Waals surface area (Å²) in [6, 6.07) is -0.00546. The number of hydrogen-bond donors (Lipinski definition) is 3. The molecule has 3 N–H and O–H groups in total. The number of thiazole rings is 1. The van der Waals surface area contributed by atoms with Gasteiger partial charge in [0.2, 0.25) is 5.91 Å². The maximum atomic E-state index is 13.0. The normalized spacial score (nSPS) is 33.3. The molecular weight excluding hydrogens is 366 g/mol. The van der Waals surface area contributed by atoms with Crippen molar-refractivity contribution in [1.82, 2.24) is 15.2 Å². The average Bonchev–Trinajstić information content (AvgIpc) is 3.15. The van der Waals surface area contributed by atoms with Gasteiger partial charge in [-0.3, -0.25) is 9.59 Å². The van der Waals surface area contributed by atoms with Crippen LogP contribution in [0.4, 0.5) is 0 Å². The highest BCUT2D eigenvalue weighted by molar-refractivity contribution is 7.13. The third-order valence-corrected chi connectivity index (χ3v) is 6.95. The number of nitrogens with zero attached hydrogens (tertiary/aromatic N) is 2. The van der Waals surface area contributed by atoms with E-state index in [1.54, 1.807) is 11.8 Å². The number of aromatic nitrogens is 1. The molecule has 1 saturated heterocycles. The summed E-state index contributed by atoms with van der Waals surface area (Å²) >= 11 is 1.37. The van der Waals surface area contributed by atoms with E-state index in [1.165, 1.54) is 11.3 Å². The Bertz CT molecular complexity index is 735. The first-order valence-corrected chi connectivity index (χ1v) is 10.3. The van der Waals surface area contributed by atoms with Crippen LogP contribution in [0, 0.1) is 37.5 Å². The molecule has 8 heteroatoms. The van der Waals surface area contributed by atoms with E-state index >= 15 is 0 Å². The fraction of sp³-hybridized carbons (Fsp3) is 0.737. The maximum Gasteiger partial charge on any atom is 0.265 e. The number of likely N-dealkylation sites (tertiary alicyclic amines) is 1. The van der Waals surface area contributed by atoms with Gasteiger partial charge in [-0.1, -0.05) is 6.92 Å². The smallest absolute Gasteiger partial charge is 0.265 e. The highest BCUT2D eigenvalue weighted by Gasteiger charge is 2.54. The predicted molar refractivity (Wildman–Crippen MR) is 102 cm³/mol. The summed E-state index contributed by atoms with van der Waals surface area (Å²) in [6.45, 7) is 10.0. The van der Waals surface area contributed by atoms with Crippen LogP contribution in [0.3, 0.4) is 0 Å². The molecule has 2 aliphatic rings. The lowest BCUT2D eigenvalue weighted by molar-refractivity contribution is -0.146. The molecule has 7 nitrogen and oxygen atoms in total. The van der Waals surface area contributed by atoms with Crippen molar-refractivity contribution in [2.45, 2.75) is 52.9 Å². The molecule has 2 amide bonds. The molecule has 1 aliphatic heterocycles. The third-order valence-electron chi connectivity index (χ3n) is 5.89. The van der Waals surface area contributed by atoms with Crippen molar-refractivity contribution in [2.24, 2.45) is 23.7 Å². The zero-order valence-corrected chi connectivity index (χ0v) is 17.3. The lowest BCUT2D eigenvalue weighted by Crippen LogP contribution is -2.56. The number of rotatable bonds is 3. The monoisotopic (exact) mass is 395 g/mol. The fourth-order valence-electron chi connectivity index (χ4n) is 4.62. The summed E-state index contributed by atoms with van der Waals surface area (Å²) < 4.78 is 0. The zero-order chi connectivity index (χ0) is 20.0. The largest absolute Gasteiger partial charge is 0.390 e. The van der Waals surface area contributed by atoms with Crippen LogP contribution < -0.4 is 5.32 Å². The molecule has 0 radical (unpaired) electrons. The van der Waals surface area contributed by atoms with Crippen LogP contribution in [-0.4, -0.2) is 63.3 Å². The quantitative estimate of drug-likeness (QED) is 0.707. The Morgan fingerprint density at radius 3 is 2.37 bits per heavy atom. The minimum absolute atomic E-state index is 0.00546. The van der Waals surface area contributed by atoms with Gasteiger partial charge in [0.15, 0.2) is 0 Å². The molecule has 0 bridgehead atoms. The number of nitrogens with one attached hydrogen (secondary N) is 1. The van der Waals surface area contributed by atoms with Gasteiger partial charge < -0.3 is 20.4 Å². The van der Waals surface area contributed by atoms with Crippen molar-refractivity contribution in [3.63, 3.8) is 0 Å². The summed E-state index contributed by atoms with van der Waals surface area (Å²) in [7, 11) is 0. The van der Waals surface area contributed by atoms with Gasteiger partial charge in [0, 0.05) is 31.0 Å². The van der Waals surface area contributed by atoms with Crippen LogP contribution in [-0.2, 0) is 4.79 Å². The summed E-state index contributed by atoms with van der Waals surface area (Å²) in [5.74, 6) is -1.50. The molecule has 3 rings (SSSR count). The SMILES string of the molecule is Cc1nc(C)c(C(=O)N2C[C@@H]3[C@H](O)[C@@H](O)[C@H](C)[C@H](C(=O)NC(C)C)[C@H]3C2)s1. The lowest BCUT2D eigenvalue weighted by Gasteiger charge is -2.43. The summed E-state index contributed by atoms with van der Waals surface area (Å²) in [4.78, 5) is 32.4. The van der Waals surface area contributed by atoms with Crippen molar-refractivity contribution in [3.8, 4) is 0 Å². The molecule has 1 aromatic heterocycles. The van der Waals surface area contributed by atoms with Crippen molar-refractivity contribution in [2.75, 3.05) is 13.1 Å². The molecule has 1 aromatic rings. The number of hydrogen-bond acceptors (Lipinski definition) is 6. The van der Waals surface area contributed by atoms with Crippen LogP contribution in [0.5, 0.6) is 0 Å². The Kier molecular flexibility index (Phi) is 5.61. The number of aryl methyl sites for hydroxylation is 2. The van der Waals surface area contributed by atoms with Crippen molar-refractivity contribution < 1.29 is 19.8 Å². The summed E-state index contributed by atoms with van der Waals surface area (Å²) in [6.07, 6.45) is -1.91. The third kappa shape index (κ3) is 3.62. The van der Waals surface area contributed by atoms with Crippen molar-refractivity contribution in [3.05, 3.63) is 15.6 Å². The van der Waals surface area contributed by atoms with E-state index in [2.05, 4.69) is 10.3 Å². The Balaban J connectivity index is 1.86. The molecule has 2 heterocycles. The van der Waals surface area contributed by atoms with Gasteiger partial charge >= 0.3 is 0 Å². The minimum atomic E-state index is -0.975. The second-order valence-corrected chi connectivity index (χ2v) is 9.42. The highest BCUT2D eigenvalue weighted by atomic mass is 32.1. The second-order valence-electron chi connectivity index (χ2n) is 8.21. The van der Waals surface area contributed by atoms with Crippen LogP contribution in [0.25, 0.3) is 0 Å². The molecule has 150 valence electrons. The van der Waals surface area contributed by atoms with Gasteiger partial charge in [0.25, 0.3) is 5.91 Å². The van der Waals surface area contributed by atoms with E-state index in [0.717, 1.165) is 5.01 Å². The molecule has 2 fully saturated rings. The van der Waals surface area contributed by atoms with Crippen LogP contribution in [0.1, 0.15) is 41.1 Å². The fourth-order valence-corrected chi connectivity index (χ4v) is 5.50. The first kappa shape index (κ1) is 20.2. The van der Waals surface area contributed by atoms with Crippen molar-refractivity contribution in [1.29, 1.82) is 0 Å². The average molecular weight is 396 g/mol. The highest BCUT2D eigenvalue weighted by Crippen LogP contribution is 2.44. The zero-order valence-electron chi connectivity index (χ0n) is 16.5. The van der Waals surface area contributed by atoms with E-state index in [1.807, 2.05) is 27.7 Å². The van der Waals surface area contributed by atoms with E-state index in [4.69, 9.17) is 0 Å². The second kappa shape index (κ2) is 7.48. The number of aliphatic hydroxyl groups is 2. The lowest BCUT2D eigenvalue weighted by atomic mass is 9.65. The Labute approximate surface area is 163 Å². The molecule has 6 atom stereocenters. The van der Waals surface area contributed by atoms with Crippen LogP contribution in [0.2, 0.25) is 0 Å². The van der Waals surface area contributed by atoms with Crippen molar-refractivity contribution >= 4 is 23.2 Å². The van der Waals surface area contributed by atoms with Crippen LogP contribution >= 0.6 is 11.3 Å². The number of amides is 2.